The van der Waals surface area contributed by atoms with Crippen LogP contribution in [0.1, 0.15) is 49.4 Å². The summed E-state index contributed by atoms with van der Waals surface area (Å²) in [6, 6.07) is 9.26. The summed E-state index contributed by atoms with van der Waals surface area (Å²) in [6.07, 6.45) is 5.68. The van der Waals surface area contributed by atoms with Crippen molar-refractivity contribution in [1.82, 2.24) is 10.3 Å². The third-order valence-corrected chi connectivity index (χ3v) is 4.50. The zero-order valence-electron chi connectivity index (χ0n) is 12.2. The van der Waals surface area contributed by atoms with E-state index in [0.29, 0.717) is 10.7 Å². The standard InChI is InChI=1S/C17H19ClN2O/c1-17(9-5-2-6-10-17)20-16(21)13-11-15(18)19-14-8-4-3-7-12(13)14/h3-4,7-8,11H,2,5-6,9-10H2,1H3,(H,20,21). The summed E-state index contributed by atoms with van der Waals surface area (Å²) in [5.74, 6) is -0.0556. The minimum Gasteiger partial charge on any atom is -0.347 e. The zero-order valence-corrected chi connectivity index (χ0v) is 12.9. The van der Waals surface area contributed by atoms with E-state index in [9.17, 15) is 4.79 Å². The average molecular weight is 303 g/mol. The van der Waals surface area contributed by atoms with Gasteiger partial charge in [-0.1, -0.05) is 49.1 Å². The fraction of sp³-hybridized carbons (Fsp3) is 0.412. The van der Waals surface area contributed by atoms with E-state index in [1.54, 1.807) is 6.07 Å². The number of hydrogen-bond acceptors (Lipinski definition) is 2. The van der Waals surface area contributed by atoms with Crippen molar-refractivity contribution >= 4 is 28.4 Å². The number of fused-ring (bicyclic) bond motifs is 1. The van der Waals surface area contributed by atoms with Crippen LogP contribution in [0.2, 0.25) is 5.15 Å². The molecule has 1 N–H and O–H groups in total. The van der Waals surface area contributed by atoms with Gasteiger partial charge in [-0.25, -0.2) is 4.98 Å². The predicted molar refractivity (Wildman–Crippen MR) is 85.7 cm³/mol. The molecule has 1 amide bonds. The third-order valence-electron chi connectivity index (χ3n) is 4.30. The summed E-state index contributed by atoms with van der Waals surface area (Å²) in [5, 5.41) is 4.41. The lowest BCUT2D eigenvalue weighted by Crippen LogP contribution is -2.47. The van der Waals surface area contributed by atoms with E-state index in [1.807, 2.05) is 24.3 Å². The van der Waals surface area contributed by atoms with Crippen LogP contribution in [0.25, 0.3) is 10.9 Å². The molecule has 0 atom stereocenters. The number of nitrogens with zero attached hydrogens (tertiary/aromatic N) is 1. The Balaban J connectivity index is 1.94. The Morgan fingerprint density at radius 2 is 1.95 bits per heavy atom. The molecular weight excluding hydrogens is 284 g/mol. The molecule has 1 saturated carbocycles. The van der Waals surface area contributed by atoms with Crippen molar-refractivity contribution in [2.24, 2.45) is 0 Å². The summed E-state index contributed by atoms with van der Waals surface area (Å²) in [5.41, 5.74) is 1.26. The number of pyridine rings is 1. The number of carbonyl (C=O) groups is 1. The number of benzene rings is 1. The minimum atomic E-state index is -0.105. The number of para-hydroxylation sites is 1. The largest absolute Gasteiger partial charge is 0.347 e. The van der Waals surface area contributed by atoms with E-state index >= 15 is 0 Å². The van der Waals surface area contributed by atoms with Gasteiger partial charge in [-0.3, -0.25) is 4.79 Å². The van der Waals surface area contributed by atoms with Crippen molar-refractivity contribution in [3.8, 4) is 0 Å². The highest BCUT2D eigenvalue weighted by atomic mass is 35.5. The Morgan fingerprint density at radius 1 is 1.24 bits per heavy atom. The highest BCUT2D eigenvalue weighted by Gasteiger charge is 2.29. The first kappa shape index (κ1) is 14.3. The highest BCUT2D eigenvalue weighted by molar-refractivity contribution is 6.30. The van der Waals surface area contributed by atoms with Gasteiger partial charge >= 0.3 is 0 Å². The molecule has 1 heterocycles. The number of rotatable bonds is 2. The maximum atomic E-state index is 12.7. The topological polar surface area (TPSA) is 42.0 Å². The van der Waals surface area contributed by atoms with Crippen LogP contribution < -0.4 is 5.32 Å². The number of carbonyl (C=O) groups excluding carboxylic acids is 1. The molecule has 0 unspecified atom stereocenters. The SMILES string of the molecule is CC1(NC(=O)c2cc(Cl)nc3ccccc23)CCCCC1. The molecule has 0 radical (unpaired) electrons. The van der Waals surface area contributed by atoms with Gasteiger partial charge in [0.1, 0.15) is 5.15 Å². The van der Waals surface area contributed by atoms with Crippen LogP contribution in [0.3, 0.4) is 0 Å². The van der Waals surface area contributed by atoms with Crippen LogP contribution in [-0.4, -0.2) is 16.4 Å². The van der Waals surface area contributed by atoms with Crippen molar-refractivity contribution in [2.45, 2.75) is 44.6 Å². The van der Waals surface area contributed by atoms with Crippen LogP contribution in [-0.2, 0) is 0 Å². The molecule has 1 fully saturated rings. The second-order valence-corrected chi connectivity index (χ2v) is 6.47. The summed E-state index contributed by atoms with van der Waals surface area (Å²) in [7, 11) is 0. The molecule has 21 heavy (non-hydrogen) atoms. The van der Waals surface area contributed by atoms with E-state index in [1.165, 1.54) is 19.3 Å². The lowest BCUT2D eigenvalue weighted by molar-refractivity contribution is 0.0884. The second kappa shape index (κ2) is 5.64. The molecule has 1 aliphatic rings. The average Bonchev–Trinajstić information content (AvgIpc) is 2.46. The van der Waals surface area contributed by atoms with Gasteiger partial charge in [0.25, 0.3) is 5.91 Å². The molecule has 1 aromatic carbocycles. The monoisotopic (exact) mass is 302 g/mol. The van der Waals surface area contributed by atoms with Gasteiger partial charge in [0, 0.05) is 10.9 Å². The van der Waals surface area contributed by atoms with Crippen molar-refractivity contribution in [2.75, 3.05) is 0 Å². The number of hydrogen-bond donors (Lipinski definition) is 1. The highest BCUT2D eigenvalue weighted by Crippen LogP contribution is 2.29. The smallest absolute Gasteiger partial charge is 0.252 e. The lowest BCUT2D eigenvalue weighted by Gasteiger charge is -2.34. The number of aromatic nitrogens is 1. The molecule has 0 saturated heterocycles. The molecule has 3 nitrogen and oxygen atoms in total. The molecule has 4 heteroatoms. The Kier molecular flexibility index (Phi) is 3.85. The minimum absolute atomic E-state index is 0.0556. The molecule has 110 valence electrons. The Morgan fingerprint density at radius 3 is 2.71 bits per heavy atom. The fourth-order valence-electron chi connectivity index (χ4n) is 3.13. The summed E-state index contributed by atoms with van der Waals surface area (Å²) in [4.78, 5) is 17.0. The van der Waals surface area contributed by atoms with Crippen LogP contribution in [0.15, 0.2) is 30.3 Å². The Hall–Kier alpha value is -1.61. The maximum absolute atomic E-state index is 12.7. The Bertz CT molecular complexity index is 678. The molecule has 0 bridgehead atoms. The van der Waals surface area contributed by atoms with Gasteiger partial charge in [0.05, 0.1) is 11.1 Å². The number of halogens is 1. The van der Waals surface area contributed by atoms with E-state index in [0.717, 1.165) is 23.7 Å². The molecule has 1 aromatic heterocycles. The van der Waals surface area contributed by atoms with Crippen molar-refractivity contribution in [1.29, 1.82) is 0 Å². The van der Waals surface area contributed by atoms with Crippen LogP contribution in [0.4, 0.5) is 0 Å². The van der Waals surface area contributed by atoms with Gasteiger partial charge in [-0.05, 0) is 31.9 Å². The van der Waals surface area contributed by atoms with Gasteiger partial charge in [-0.2, -0.15) is 0 Å². The van der Waals surface area contributed by atoms with Gasteiger partial charge in [0.15, 0.2) is 0 Å². The fourth-order valence-corrected chi connectivity index (χ4v) is 3.33. The number of nitrogens with one attached hydrogen (secondary N) is 1. The van der Waals surface area contributed by atoms with Crippen molar-refractivity contribution in [3.63, 3.8) is 0 Å². The number of amides is 1. The third kappa shape index (κ3) is 3.03. The summed E-state index contributed by atoms with van der Waals surface area (Å²) >= 11 is 6.05. The normalized spacial score (nSPS) is 17.6. The molecular formula is C17H19ClN2O. The van der Waals surface area contributed by atoms with E-state index in [4.69, 9.17) is 11.6 Å². The zero-order chi connectivity index (χ0) is 14.9. The van der Waals surface area contributed by atoms with Gasteiger partial charge in [0.2, 0.25) is 0 Å². The van der Waals surface area contributed by atoms with E-state index < -0.39 is 0 Å². The quantitative estimate of drug-likeness (QED) is 0.838. The lowest BCUT2D eigenvalue weighted by atomic mass is 9.83. The van der Waals surface area contributed by atoms with Crippen LogP contribution >= 0.6 is 11.6 Å². The second-order valence-electron chi connectivity index (χ2n) is 6.09. The van der Waals surface area contributed by atoms with Crippen LogP contribution in [0.5, 0.6) is 0 Å². The molecule has 0 aliphatic heterocycles. The first-order valence-electron chi connectivity index (χ1n) is 7.45. The molecule has 2 aromatic rings. The molecule has 0 spiro atoms. The van der Waals surface area contributed by atoms with E-state index in [-0.39, 0.29) is 11.4 Å². The first-order chi connectivity index (χ1) is 10.1. The van der Waals surface area contributed by atoms with Crippen molar-refractivity contribution < 1.29 is 4.79 Å². The summed E-state index contributed by atoms with van der Waals surface area (Å²) in [6.45, 7) is 2.13. The Labute approximate surface area is 129 Å². The maximum Gasteiger partial charge on any atom is 0.252 e. The first-order valence-corrected chi connectivity index (χ1v) is 7.83. The van der Waals surface area contributed by atoms with E-state index in [2.05, 4.69) is 17.2 Å². The van der Waals surface area contributed by atoms with Crippen molar-refractivity contribution in [3.05, 3.63) is 41.0 Å². The molecule has 1 aliphatic carbocycles. The molecule has 3 rings (SSSR count). The van der Waals surface area contributed by atoms with Crippen LogP contribution in [0, 0.1) is 0 Å². The van der Waals surface area contributed by atoms with Gasteiger partial charge in [-0.15, -0.1) is 0 Å². The predicted octanol–water partition coefficient (Wildman–Crippen LogP) is 4.34. The summed E-state index contributed by atoms with van der Waals surface area (Å²) < 4.78 is 0. The van der Waals surface area contributed by atoms with Gasteiger partial charge < -0.3 is 5.32 Å².